The van der Waals surface area contributed by atoms with Gasteiger partial charge in [0.1, 0.15) is 0 Å². The molecule has 0 bridgehead atoms. The summed E-state index contributed by atoms with van der Waals surface area (Å²) in [6.45, 7) is 4.43. The van der Waals surface area contributed by atoms with Crippen molar-refractivity contribution in [3.8, 4) is 11.5 Å². The molecule has 0 spiro atoms. The Bertz CT molecular complexity index is 1090. The van der Waals surface area contributed by atoms with Crippen molar-refractivity contribution in [2.45, 2.75) is 33.1 Å². The molecular weight excluding hydrogens is 378 g/mol. The fourth-order valence-electron chi connectivity index (χ4n) is 3.58. The third kappa shape index (κ3) is 4.43. The van der Waals surface area contributed by atoms with Crippen LogP contribution in [0.2, 0.25) is 0 Å². The lowest BCUT2D eigenvalue weighted by Crippen LogP contribution is -2.19. The summed E-state index contributed by atoms with van der Waals surface area (Å²) in [7, 11) is 0. The maximum Gasteiger partial charge on any atom is 0.272 e. The molecule has 2 heterocycles. The number of benzene rings is 2. The summed E-state index contributed by atoms with van der Waals surface area (Å²) in [5, 5.41) is 5.03. The topological polar surface area (TPSA) is 72.8 Å². The zero-order valence-corrected chi connectivity index (χ0v) is 17.2. The smallest absolute Gasteiger partial charge is 0.272 e. The van der Waals surface area contributed by atoms with E-state index in [0.29, 0.717) is 5.56 Å². The molecule has 0 unspecified atom stereocenters. The van der Waals surface area contributed by atoms with Crippen LogP contribution in [0.15, 0.2) is 53.6 Å². The van der Waals surface area contributed by atoms with E-state index in [1.165, 1.54) is 0 Å². The number of hydrogen-bond acceptors (Lipinski definition) is 5. The normalized spacial score (nSPS) is 13.7. The largest absolute Gasteiger partial charge is 0.454 e. The number of aromatic nitrogens is 1. The van der Waals surface area contributed by atoms with Gasteiger partial charge in [0.25, 0.3) is 5.91 Å². The van der Waals surface area contributed by atoms with Crippen molar-refractivity contribution in [2.75, 3.05) is 6.79 Å². The van der Waals surface area contributed by atoms with E-state index in [2.05, 4.69) is 29.4 Å². The molecule has 1 atom stereocenters. The van der Waals surface area contributed by atoms with Gasteiger partial charge in [0, 0.05) is 17.3 Å². The van der Waals surface area contributed by atoms with Gasteiger partial charge in [0.2, 0.25) is 6.79 Å². The molecule has 30 heavy (non-hydrogen) atoms. The van der Waals surface area contributed by atoms with Crippen LogP contribution in [0.3, 0.4) is 0 Å². The van der Waals surface area contributed by atoms with Crippen molar-refractivity contribution < 1.29 is 14.3 Å². The maximum absolute atomic E-state index is 12.8. The summed E-state index contributed by atoms with van der Waals surface area (Å²) in [5.41, 5.74) is 6.16. The van der Waals surface area contributed by atoms with Crippen LogP contribution in [-0.2, 0) is 12.8 Å². The standard InChI is InChI=1S/C24H25N3O3/c1-3-6-18-13-20(19-7-4-5-8-21(19)26-18)24(28)27-25-14-16(2)11-17-9-10-22-23(12-17)30-15-29-22/h4-5,7-10,12-14,16H,3,6,11,15H2,1-2H3,(H,27,28)/b25-14-/t16-/m0/s1. The number of nitrogens with zero attached hydrogens (tertiary/aromatic N) is 2. The van der Waals surface area contributed by atoms with E-state index in [9.17, 15) is 4.79 Å². The Balaban J connectivity index is 1.43. The molecule has 4 rings (SSSR count). The molecule has 1 N–H and O–H groups in total. The second-order valence-corrected chi connectivity index (χ2v) is 7.52. The highest BCUT2D eigenvalue weighted by atomic mass is 16.7. The summed E-state index contributed by atoms with van der Waals surface area (Å²) in [4.78, 5) is 17.5. The fraction of sp³-hybridized carbons (Fsp3) is 0.292. The summed E-state index contributed by atoms with van der Waals surface area (Å²) < 4.78 is 10.8. The third-order valence-electron chi connectivity index (χ3n) is 5.01. The number of amides is 1. The highest BCUT2D eigenvalue weighted by Gasteiger charge is 2.15. The van der Waals surface area contributed by atoms with Gasteiger partial charge in [-0.3, -0.25) is 9.78 Å². The average molecular weight is 403 g/mol. The van der Waals surface area contributed by atoms with Gasteiger partial charge in [-0.25, -0.2) is 5.43 Å². The Labute approximate surface area is 175 Å². The van der Waals surface area contributed by atoms with Gasteiger partial charge in [0.05, 0.1) is 11.1 Å². The lowest BCUT2D eigenvalue weighted by Gasteiger charge is -2.09. The molecule has 6 heteroatoms. The van der Waals surface area contributed by atoms with E-state index in [1.807, 2.05) is 48.5 Å². The summed E-state index contributed by atoms with van der Waals surface area (Å²) in [6, 6.07) is 15.5. The predicted octanol–water partition coefficient (Wildman–Crippen LogP) is 4.51. The van der Waals surface area contributed by atoms with E-state index >= 15 is 0 Å². The van der Waals surface area contributed by atoms with Gasteiger partial charge in [-0.1, -0.05) is 44.5 Å². The zero-order chi connectivity index (χ0) is 20.9. The molecule has 2 aromatic carbocycles. The molecule has 0 radical (unpaired) electrons. The number of hydrazone groups is 1. The molecular formula is C24H25N3O3. The highest BCUT2D eigenvalue weighted by Crippen LogP contribution is 2.33. The minimum Gasteiger partial charge on any atom is -0.454 e. The van der Waals surface area contributed by atoms with Gasteiger partial charge in [0.15, 0.2) is 11.5 Å². The number of nitrogens with one attached hydrogen (secondary N) is 1. The van der Waals surface area contributed by atoms with Crippen LogP contribution in [0.4, 0.5) is 0 Å². The molecule has 0 saturated heterocycles. The molecule has 1 aliphatic rings. The van der Waals surface area contributed by atoms with Gasteiger partial charge < -0.3 is 9.47 Å². The quantitative estimate of drug-likeness (QED) is 0.465. The van der Waals surface area contributed by atoms with Gasteiger partial charge in [-0.05, 0) is 48.6 Å². The van der Waals surface area contributed by atoms with E-state index in [4.69, 9.17) is 9.47 Å². The van der Waals surface area contributed by atoms with Crippen LogP contribution in [-0.4, -0.2) is 23.9 Å². The van der Waals surface area contributed by atoms with Crippen LogP contribution < -0.4 is 14.9 Å². The molecule has 3 aromatic rings. The number of pyridine rings is 1. The van der Waals surface area contributed by atoms with Crippen LogP contribution in [0.5, 0.6) is 11.5 Å². The second-order valence-electron chi connectivity index (χ2n) is 7.52. The summed E-state index contributed by atoms with van der Waals surface area (Å²) in [6.07, 6.45) is 4.36. The Morgan fingerprint density at radius 2 is 2.03 bits per heavy atom. The van der Waals surface area contributed by atoms with Crippen molar-refractivity contribution in [3.05, 3.63) is 65.4 Å². The highest BCUT2D eigenvalue weighted by molar-refractivity contribution is 6.06. The molecule has 154 valence electrons. The first kappa shape index (κ1) is 19.9. The van der Waals surface area contributed by atoms with Crippen molar-refractivity contribution in [1.82, 2.24) is 10.4 Å². The first-order valence-corrected chi connectivity index (χ1v) is 10.2. The first-order valence-electron chi connectivity index (χ1n) is 10.2. The van der Waals surface area contributed by atoms with Gasteiger partial charge >= 0.3 is 0 Å². The number of fused-ring (bicyclic) bond motifs is 2. The minimum absolute atomic E-state index is 0.149. The fourth-order valence-corrected chi connectivity index (χ4v) is 3.58. The number of rotatable bonds is 7. The summed E-state index contributed by atoms with van der Waals surface area (Å²) in [5.74, 6) is 1.48. The number of carbonyl (C=O) groups is 1. The van der Waals surface area contributed by atoms with Crippen LogP contribution in [0, 0.1) is 5.92 Å². The predicted molar refractivity (Wildman–Crippen MR) is 117 cm³/mol. The van der Waals surface area contributed by atoms with Crippen molar-refractivity contribution in [1.29, 1.82) is 0 Å². The Morgan fingerprint density at radius 1 is 1.20 bits per heavy atom. The molecule has 0 fully saturated rings. The molecule has 1 aliphatic heterocycles. The van der Waals surface area contributed by atoms with E-state index < -0.39 is 0 Å². The van der Waals surface area contributed by atoms with Gasteiger partial charge in [-0.2, -0.15) is 5.10 Å². The molecule has 6 nitrogen and oxygen atoms in total. The first-order chi connectivity index (χ1) is 14.6. The lowest BCUT2D eigenvalue weighted by atomic mass is 10.0. The Hall–Kier alpha value is -3.41. The molecule has 0 saturated carbocycles. The number of hydrogen-bond donors (Lipinski definition) is 1. The minimum atomic E-state index is -0.225. The lowest BCUT2D eigenvalue weighted by molar-refractivity contribution is 0.0956. The van der Waals surface area contributed by atoms with Crippen molar-refractivity contribution >= 4 is 23.0 Å². The van der Waals surface area contributed by atoms with E-state index in [0.717, 1.165) is 52.9 Å². The number of ether oxygens (including phenoxy) is 2. The van der Waals surface area contributed by atoms with E-state index in [1.54, 1.807) is 6.21 Å². The van der Waals surface area contributed by atoms with Crippen molar-refractivity contribution in [3.63, 3.8) is 0 Å². The number of para-hydroxylation sites is 1. The average Bonchev–Trinajstić information content (AvgIpc) is 3.21. The molecule has 1 amide bonds. The molecule has 1 aromatic heterocycles. The maximum atomic E-state index is 12.8. The van der Waals surface area contributed by atoms with Crippen molar-refractivity contribution in [2.24, 2.45) is 11.0 Å². The number of aryl methyl sites for hydroxylation is 1. The van der Waals surface area contributed by atoms with Crippen LogP contribution >= 0.6 is 0 Å². The van der Waals surface area contributed by atoms with E-state index in [-0.39, 0.29) is 18.6 Å². The second kappa shape index (κ2) is 8.95. The zero-order valence-electron chi connectivity index (χ0n) is 17.2. The Morgan fingerprint density at radius 3 is 2.90 bits per heavy atom. The monoisotopic (exact) mass is 403 g/mol. The van der Waals surface area contributed by atoms with Gasteiger partial charge in [-0.15, -0.1) is 0 Å². The SMILES string of the molecule is CCCc1cc(C(=O)N/N=C\[C@@H](C)Cc2ccc3c(c2)OCO3)c2ccccc2n1. The van der Waals surface area contributed by atoms with Crippen LogP contribution in [0.25, 0.3) is 10.9 Å². The summed E-state index contributed by atoms with van der Waals surface area (Å²) >= 11 is 0. The Kier molecular flexibility index (Phi) is 5.93. The number of carbonyl (C=O) groups excluding carboxylic acids is 1. The van der Waals surface area contributed by atoms with Crippen LogP contribution in [0.1, 0.15) is 41.9 Å². The molecule has 0 aliphatic carbocycles. The third-order valence-corrected chi connectivity index (χ3v) is 5.01.